The van der Waals surface area contributed by atoms with Crippen molar-refractivity contribution in [2.24, 2.45) is 0 Å². The van der Waals surface area contributed by atoms with Gasteiger partial charge in [-0.1, -0.05) is 29.8 Å². The third-order valence-electron chi connectivity index (χ3n) is 2.58. The molecule has 2 rings (SSSR count). The van der Waals surface area contributed by atoms with E-state index in [0.717, 1.165) is 0 Å². The van der Waals surface area contributed by atoms with Crippen LogP contribution in [0.1, 0.15) is 5.56 Å². The van der Waals surface area contributed by atoms with Gasteiger partial charge in [-0.05, 0) is 24.3 Å². The van der Waals surface area contributed by atoms with E-state index < -0.39 is 10.0 Å². The second-order valence-electron chi connectivity index (χ2n) is 3.92. The molecule has 3 N–H and O–H groups in total. The van der Waals surface area contributed by atoms with Crippen LogP contribution in [0.4, 0.5) is 11.4 Å². The molecule has 0 spiro atoms. The first-order valence-electron chi connectivity index (χ1n) is 5.51. The first kappa shape index (κ1) is 14.2. The van der Waals surface area contributed by atoms with Crippen LogP contribution in [0.5, 0.6) is 0 Å². The molecule has 0 fully saturated rings. The molecule has 7 heteroatoms. The molecule has 0 atom stereocenters. The molecule has 0 saturated carbocycles. The van der Waals surface area contributed by atoms with Crippen LogP contribution in [0.25, 0.3) is 0 Å². The van der Waals surface area contributed by atoms with Gasteiger partial charge in [0.05, 0.1) is 22.0 Å². The Hall–Kier alpha value is -2.23. The Morgan fingerprint density at radius 1 is 1.15 bits per heavy atom. The Labute approximate surface area is 121 Å². The number of hydrogen-bond donors (Lipinski definition) is 2. The van der Waals surface area contributed by atoms with Crippen LogP contribution in [0.15, 0.2) is 47.4 Å². The van der Waals surface area contributed by atoms with Crippen LogP contribution in [-0.4, -0.2) is 8.42 Å². The molecular formula is C13H10ClN3O2S. The predicted octanol–water partition coefficient (Wildman–Crippen LogP) is 2.59. The molecule has 0 amide bonds. The predicted molar refractivity (Wildman–Crippen MR) is 77.8 cm³/mol. The van der Waals surface area contributed by atoms with Crippen molar-refractivity contribution in [2.75, 3.05) is 10.5 Å². The molecule has 0 aliphatic rings. The molecule has 0 aliphatic heterocycles. The van der Waals surface area contributed by atoms with Crippen molar-refractivity contribution in [2.45, 2.75) is 4.90 Å². The van der Waals surface area contributed by atoms with Crippen molar-refractivity contribution in [1.82, 2.24) is 0 Å². The number of hydrogen-bond acceptors (Lipinski definition) is 4. The van der Waals surface area contributed by atoms with Crippen molar-refractivity contribution >= 4 is 33.0 Å². The zero-order chi connectivity index (χ0) is 14.8. The molecule has 5 nitrogen and oxygen atoms in total. The standard InChI is InChI=1S/C13H10ClN3O2S/c14-10-5-3-6-11(16)13(10)17-20(18,19)12-7-2-1-4-9(12)8-15/h1-7,17H,16H2. The topological polar surface area (TPSA) is 96.0 Å². The van der Waals surface area contributed by atoms with Crippen molar-refractivity contribution in [1.29, 1.82) is 5.26 Å². The fourth-order valence-electron chi connectivity index (χ4n) is 1.63. The summed E-state index contributed by atoms with van der Waals surface area (Å²) in [5, 5.41) is 9.15. The van der Waals surface area contributed by atoms with E-state index in [2.05, 4.69) is 4.72 Å². The Morgan fingerprint density at radius 2 is 1.85 bits per heavy atom. The summed E-state index contributed by atoms with van der Waals surface area (Å²) < 4.78 is 26.9. The average Bonchev–Trinajstić information content (AvgIpc) is 2.43. The van der Waals surface area contributed by atoms with E-state index in [1.165, 1.54) is 30.3 Å². The summed E-state index contributed by atoms with van der Waals surface area (Å²) in [6.45, 7) is 0. The monoisotopic (exact) mass is 307 g/mol. The lowest BCUT2D eigenvalue weighted by Gasteiger charge is -2.12. The van der Waals surface area contributed by atoms with Gasteiger partial charge in [0.15, 0.2) is 0 Å². The van der Waals surface area contributed by atoms with Crippen LogP contribution in [0.2, 0.25) is 5.02 Å². The first-order chi connectivity index (χ1) is 9.45. The van der Waals surface area contributed by atoms with E-state index in [0.29, 0.717) is 0 Å². The van der Waals surface area contributed by atoms with Gasteiger partial charge in [-0.25, -0.2) is 8.42 Å². The van der Waals surface area contributed by atoms with Gasteiger partial charge >= 0.3 is 0 Å². The van der Waals surface area contributed by atoms with Gasteiger partial charge in [-0.15, -0.1) is 0 Å². The Balaban J connectivity index is 2.50. The normalized spacial score (nSPS) is 10.8. The summed E-state index contributed by atoms with van der Waals surface area (Å²) in [6.07, 6.45) is 0. The van der Waals surface area contributed by atoms with Crippen LogP contribution >= 0.6 is 11.6 Å². The summed E-state index contributed by atoms with van der Waals surface area (Å²) in [6, 6.07) is 12.4. The highest BCUT2D eigenvalue weighted by Gasteiger charge is 2.20. The zero-order valence-corrected chi connectivity index (χ0v) is 11.7. The third-order valence-corrected chi connectivity index (χ3v) is 4.30. The SMILES string of the molecule is N#Cc1ccccc1S(=O)(=O)Nc1c(N)cccc1Cl. The van der Waals surface area contributed by atoms with Crippen molar-refractivity contribution in [3.05, 3.63) is 53.1 Å². The van der Waals surface area contributed by atoms with Crippen LogP contribution < -0.4 is 10.5 Å². The summed E-state index contributed by atoms with van der Waals surface area (Å²) in [7, 11) is -3.94. The highest BCUT2D eigenvalue weighted by molar-refractivity contribution is 7.92. The molecule has 0 radical (unpaired) electrons. The summed E-state index contributed by atoms with van der Waals surface area (Å²) in [4.78, 5) is -0.123. The van der Waals surface area contributed by atoms with E-state index in [4.69, 9.17) is 22.6 Å². The molecule has 0 aliphatic carbocycles. The summed E-state index contributed by atoms with van der Waals surface area (Å²) >= 11 is 5.92. The average molecular weight is 308 g/mol. The van der Waals surface area contributed by atoms with Gasteiger partial charge in [0, 0.05) is 0 Å². The summed E-state index contributed by atoms with van der Waals surface area (Å²) in [5.41, 5.74) is 6.05. The molecule has 0 unspecified atom stereocenters. The number of nitrogens with zero attached hydrogens (tertiary/aromatic N) is 1. The minimum atomic E-state index is -3.94. The third kappa shape index (κ3) is 2.69. The number of sulfonamides is 1. The summed E-state index contributed by atoms with van der Waals surface area (Å²) in [5.74, 6) is 0. The van der Waals surface area contributed by atoms with Gasteiger partial charge in [-0.3, -0.25) is 4.72 Å². The molecule has 0 aromatic heterocycles. The van der Waals surface area contributed by atoms with Gasteiger partial charge in [-0.2, -0.15) is 5.26 Å². The number of nitrogen functional groups attached to an aromatic ring is 1. The number of nitrogens with one attached hydrogen (secondary N) is 1. The van der Waals surface area contributed by atoms with E-state index >= 15 is 0 Å². The van der Waals surface area contributed by atoms with Gasteiger partial charge < -0.3 is 5.73 Å². The lowest BCUT2D eigenvalue weighted by molar-refractivity contribution is 0.601. The minimum Gasteiger partial charge on any atom is -0.397 e. The molecule has 2 aromatic rings. The van der Waals surface area contributed by atoms with Gasteiger partial charge in [0.2, 0.25) is 0 Å². The van der Waals surface area contributed by atoms with Crippen LogP contribution in [-0.2, 0) is 10.0 Å². The Bertz CT molecular complexity index is 777. The Kier molecular flexibility index (Phi) is 3.84. The lowest BCUT2D eigenvalue weighted by Crippen LogP contribution is -2.15. The maximum atomic E-state index is 12.3. The number of para-hydroxylation sites is 1. The van der Waals surface area contributed by atoms with Gasteiger partial charge in [0.1, 0.15) is 11.0 Å². The molecule has 20 heavy (non-hydrogen) atoms. The molecule has 0 saturated heterocycles. The smallest absolute Gasteiger partial charge is 0.263 e. The Morgan fingerprint density at radius 3 is 2.50 bits per heavy atom. The minimum absolute atomic E-state index is 0.0469. The van der Waals surface area contributed by atoms with Crippen molar-refractivity contribution in [3.8, 4) is 6.07 Å². The molecule has 0 bridgehead atoms. The van der Waals surface area contributed by atoms with Gasteiger partial charge in [0.25, 0.3) is 10.0 Å². The van der Waals surface area contributed by atoms with E-state index in [-0.39, 0.29) is 26.9 Å². The lowest BCUT2D eigenvalue weighted by atomic mass is 10.2. The number of halogens is 1. The maximum absolute atomic E-state index is 12.3. The highest BCUT2D eigenvalue weighted by Crippen LogP contribution is 2.30. The van der Waals surface area contributed by atoms with E-state index in [1.54, 1.807) is 12.1 Å². The largest absolute Gasteiger partial charge is 0.397 e. The highest BCUT2D eigenvalue weighted by atomic mass is 35.5. The maximum Gasteiger partial charge on any atom is 0.263 e. The van der Waals surface area contributed by atoms with Crippen LogP contribution in [0.3, 0.4) is 0 Å². The number of nitrogens with two attached hydrogens (primary N) is 1. The van der Waals surface area contributed by atoms with Crippen molar-refractivity contribution < 1.29 is 8.42 Å². The van der Waals surface area contributed by atoms with Crippen molar-refractivity contribution in [3.63, 3.8) is 0 Å². The number of benzene rings is 2. The fraction of sp³-hybridized carbons (Fsp3) is 0. The first-order valence-corrected chi connectivity index (χ1v) is 7.38. The molecule has 102 valence electrons. The van der Waals surface area contributed by atoms with E-state index in [1.807, 2.05) is 6.07 Å². The van der Waals surface area contributed by atoms with E-state index in [9.17, 15) is 8.42 Å². The zero-order valence-electron chi connectivity index (χ0n) is 10.2. The fourth-order valence-corrected chi connectivity index (χ4v) is 3.18. The number of nitriles is 1. The quantitative estimate of drug-likeness (QED) is 0.852. The number of rotatable bonds is 3. The van der Waals surface area contributed by atoms with Crippen LogP contribution in [0, 0.1) is 11.3 Å². The second kappa shape index (κ2) is 5.41. The second-order valence-corrected chi connectivity index (χ2v) is 5.98. The molecule has 2 aromatic carbocycles. The molecule has 0 heterocycles. The number of anilines is 2. The molecular weight excluding hydrogens is 298 g/mol.